The third-order valence-electron chi connectivity index (χ3n) is 4.49. The lowest BCUT2D eigenvalue weighted by Crippen LogP contribution is -2.30. The van der Waals surface area contributed by atoms with Crippen LogP contribution in [0.3, 0.4) is 0 Å². The summed E-state index contributed by atoms with van der Waals surface area (Å²) in [5.41, 5.74) is 3.56. The molecule has 2 N–H and O–H groups in total. The maximum atomic E-state index is 10.3. The van der Waals surface area contributed by atoms with Gasteiger partial charge in [-0.2, -0.15) is 0 Å². The van der Waals surface area contributed by atoms with E-state index in [1.54, 1.807) is 17.6 Å². The standard InChI is InChI=1S/C20H20N2O2S2/c1-4-24-12-9-10-14-13(11-12)17-18(20(2,3)21-14)26-22(19(17)25)15-7-5-6-8-16(15)23/h5-11,21,23H,4H2,1-3H3. The van der Waals surface area contributed by atoms with Crippen molar-refractivity contribution in [3.05, 3.63) is 52.0 Å². The highest BCUT2D eigenvalue weighted by Crippen LogP contribution is 2.48. The molecule has 4 rings (SSSR count). The van der Waals surface area contributed by atoms with Crippen molar-refractivity contribution in [1.82, 2.24) is 3.96 Å². The van der Waals surface area contributed by atoms with Crippen molar-refractivity contribution < 1.29 is 9.84 Å². The molecule has 134 valence electrons. The normalized spacial score (nSPS) is 14.3. The first kappa shape index (κ1) is 17.1. The third-order valence-corrected chi connectivity index (χ3v) is 6.46. The number of phenolic OH excluding ortho intramolecular Hbond substituents is 1. The van der Waals surface area contributed by atoms with E-state index in [2.05, 4.69) is 19.2 Å². The fourth-order valence-electron chi connectivity index (χ4n) is 3.32. The molecule has 0 saturated carbocycles. The lowest BCUT2D eigenvalue weighted by atomic mass is 9.90. The Kier molecular flexibility index (Phi) is 4.04. The Hall–Kier alpha value is -2.31. The third kappa shape index (κ3) is 2.61. The number of hydrogen-bond donors (Lipinski definition) is 2. The second-order valence-corrected chi connectivity index (χ2v) is 8.12. The number of para-hydroxylation sites is 2. The molecule has 26 heavy (non-hydrogen) atoms. The maximum absolute atomic E-state index is 10.3. The van der Waals surface area contributed by atoms with E-state index in [-0.39, 0.29) is 11.3 Å². The summed E-state index contributed by atoms with van der Waals surface area (Å²) < 4.78 is 8.32. The van der Waals surface area contributed by atoms with E-state index in [0.29, 0.717) is 16.9 Å². The molecule has 6 heteroatoms. The van der Waals surface area contributed by atoms with E-state index in [4.69, 9.17) is 17.0 Å². The Morgan fingerprint density at radius 1 is 1.23 bits per heavy atom. The van der Waals surface area contributed by atoms with Crippen molar-refractivity contribution >= 4 is 29.4 Å². The van der Waals surface area contributed by atoms with E-state index >= 15 is 0 Å². The average Bonchev–Trinajstić information content (AvgIpc) is 2.95. The molecule has 2 aromatic carbocycles. The molecule has 2 heterocycles. The highest BCUT2D eigenvalue weighted by molar-refractivity contribution is 7.71. The minimum Gasteiger partial charge on any atom is -0.506 e. The largest absolute Gasteiger partial charge is 0.506 e. The number of ether oxygens (including phenoxy) is 1. The number of aromatic hydroxyl groups is 1. The molecule has 0 fully saturated rings. The van der Waals surface area contributed by atoms with Crippen molar-refractivity contribution in [2.24, 2.45) is 0 Å². The summed E-state index contributed by atoms with van der Waals surface area (Å²) in [4.78, 5) is 1.15. The van der Waals surface area contributed by atoms with Crippen molar-refractivity contribution in [2.75, 3.05) is 11.9 Å². The van der Waals surface area contributed by atoms with Crippen LogP contribution in [0.2, 0.25) is 0 Å². The van der Waals surface area contributed by atoms with Gasteiger partial charge in [0.05, 0.1) is 22.7 Å². The number of anilines is 1. The van der Waals surface area contributed by atoms with Gasteiger partial charge in [-0.3, -0.25) is 3.96 Å². The summed E-state index contributed by atoms with van der Waals surface area (Å²) in [6, 6.07) is 13.3. The lowest BCUT2D eigenvalue weighted by Gasteiger charge is -2.33. The zero-order valence-corrected chi connectivity index (χ0v) is 16.5. The van der Waals surface area contributed by atoms with Gasteiger partial charge >= 0.3 is 0 Å². The van der Waals surface area contributed by atoms with Crippen molar-refractivity contribution in [2.45, 2.75) is 26.3 Å². The molecule has 0 unspecified atom stereocenters. The number of rotatable bonds is 3. The molecule has 3 aromatic rings. The molecule has 0 amide bonds. The van der Waals surface area contributed by atoms with Crippen LogP contribution in [0.4, 0.5) is 5.69 Å². The molecule has 1 aromatic heterocycles. The zero-order valence-electron chi connectivity index (χ0n) is 14.9. The summed E-state index contributed by atoms with van der Waals surface area (Å²) in [6.07, 6.45) is 0. The van der Waals surface area contributed by atoms with Gasteiger partial charge in [-0.15, -0.1) is 0 Å². The number of phenols is 1. The van der Waals surface area contributed by atoms with Gasteiger partial charge < -0.3 is 15.2 Å². The summed E-state index contributed by atoms with van der Waals surface area (Å²) in [5.74, 6) is 1.05. The fraction of sp³-hybridized carbons (Fsp3) is 0.250. The van der Waals surface area contributed by atoms with Crippen LogP contribution in [-0.4, -0.2) is 15.7 Å². The number of hydrogen-bond acceptors (Lipinski definition) is 5. The van der Waals surface area contributed by atoms with Gasteiger partial charge in [0.25, 0.3) is 0 Å². The topological polar surface area (TPSA) is 46.4 Å². The predicted molar refractivity (Wildman–Crippen MR) is 109 cm³/mol. The molecule has 0 saturated heterocycles. The van der Waals surface area contributed by atoms with Gasteiger partial charge in [0.2, 0.25) is 0 Å². The molecule has 1 aliphatic rings. The van der Waals surface area contributed by atoms with Gasteiger partial charge in [0.1, 0.15) is 16.1 Å². The van der Waals surface area contributed by atoms with E-state index in [9.17, 15) is 5.11 Å². The lowest BCUT2D eigenvalue weighted by molar-refractivity contribution is 0.340. The number of fused-ring (bicyclic) bond motifs is 3. The number of nitrogens with zero attached hydrogens (tertiary/aromatic N) is 1. The Morgan fingerprint density at radius 2 is 2.00 bits per heavy atom. The monoisotopic (exact) mass is 384 g/mol. The van der Waals surface area contributed by atoms with Crippen LogP contribution in [0.15, 0.2) is 42.5 Å². The van der Waals surface area contributed by atoms with Gasteiger partial charge in [0.15, 0.2) is 0 Å². The average molecular weight is 385 g/mol. The molecule has 4 nitrogen and oxygen atoms in total. The Balaban J connectivity index is 1.99. The Bertz CT molecular complexity index is 1050. The number of nitrogens with one attached hydrogen (secondary N) is 1. The minimum atomic E-state index is -0.261. The maximum Gasteiger partial charge on any atom is 0.140 e. The fourth-order valence-corrected chi connectivity index (χ4v) is 5.00. The summed E-state index contributed by atoms with van der Waals surface area (Å²) in [7, 11) is 0. The van der Waals surface area contributed by atoms with E-state index < -0.39 is 0 Å². The van der Waals surface area contributed by atoms with Crippen LogP contribution in [0, 0.1) is 4.64 Å². The van der Waals surface area contributed by atoms with E-state index in [0.717, 1.165) is 27.4 Å². The molecule has 0 radical (unpaired) electrons. The zero-order chi connectivity index (χ0) is 18.5. The summed E-state index contributed by atoms with van der Waals surface area (Å²) in [5, 5.41) is 13.9. The first-order valence-electron chi connectivity index (χ1n) is 8.53. The van der Waals surface area contributed by atoms with Crippen molar-refractivity contribution in [3.8, 4) is 28.3 Å². The molecule has 0 atom stereocenters. The highest BCUT2D eigenvalue weighted by atomic mass is 32.1. The van der Waals surface area contributed by atoms with Crippen LogP contribution in [0.25, 0.3) is 16.8 Å². The van der Waals surface area contributed by atoms with E-state index in [1.165, 1.54) is 0 Å². The SMILES string of the molecule is CCOc1ccc2c(c1)-c1c(sn(-c3ccccc3O)c1=S)C(C)(C)N2. The molecular weight excluding hydrogens is 364 g/mol. The Labute approximate surface area is 161 Å². The van der Waals surface area contributed by atoms with Crippen LogP contribution in [-0.2, 0) is 5.54 Å². The van der Waals surface area contributed by atoms with Crippen molar-refractivity contribution in [1.29, 1.82) is 0 Å². The first-order valence-corrected chi connectivity index (χ1v) is 9.71. The van der Waals surface area contributed by atoms with Gasteiger partial charge in [0, 0.05) is 16.8 Å². The second-order valence-electron chi connectivity index (χ2n) is 6.77. The van der Waals surface area contributed by atoms with Crippen molar-refractivity contribution in [3.63, 3.8) is 0 Å². The molecule has 0 spiro atoms. The molecule has 0 bridgehead atoms. The van der Waals surface area contributed by atoms with Gasteiger partial charge in [-0.25, -0.2) is 0 Å². The Morgan fingerprint density at radius 3 is 2.73 bits per heavy atom. The minimum absolute atomic E-state index is 0.219. The summed E-state index contributed by atoms with van der Waals surface area (Å²) in [6.45, 7) is 6.88. The summed E-state index contributed by atoms with van der Waals surface area (Å²) >= 11 is 7.40. The molecule has 0 aliphatic carbocycles. The highest BCUT2D eigenvalue weighted by Gasteiger charge is 2.35. The van der Waals surface area contributed by atoms with Gasteiger partial charge in [-0.05, 0) is 51.1 Å². The molecular formula is C20H20N2O2S2. The smallest absolute Gasteiger partial charge is 0.140 e. The van der Waals surface area contributed by atoms with E-state index in [1.807, 2.05) is 47.3 Å². The quantitative estimate of drug-likeness (QED) is 0.569. The number of aromatic nitrogens is 1. The number of benzene rings is 2. The first-order chi connectivity index (χ1) is 12.4. The van der Waals surface area contributed by atoms with Crippen LogP contribution in [0.1, 0.15) is 25.6 Å². The second kappa shape index (κ2) is 6.14. The van der Waals surface area contributed by atoms with Crippen LogP contribution in [0.5, 0.6) is 11.5 Å². The predicted octanol–water partition coefficient (Wildman–Crippen LogP) is 5.70. The van der Waals surface area contributed by atoms with Crippen LogP contribution < -0.4 is 10.1 Å². The van der Waals surface area contributed by atoms with Crippen LogP contribution >= 0.6 is 23.8 Å². The molecule has 1 aliphatic heterocycles. The van der Waals surface area contributed by atoms with Gasteiger partial charge in [-0.1, -0.05) is 35.9 Å².